The van der Waals surface area contributed by atoms with Crippen LogP contribution < -0.4 is 10.6 Å². The first-order chi connectivity index (χ1) is 11.5. The molecule has 1 aromatic heterocycles. The van der Waals surface area contributed by atoms with Gasteiger partial charge in [0.1, 0.15) is 0 Å². The number of aliphatic imine (C=N–C) groups is 1. The third-order valence-electron chi connectivity index (χ3n) is 5.20. The molecule has 1 fully saturated rings. The van der Waals surface area contributed by atoms with Crippen LogP contribution in [0.1, 0.15) is 63.9 Å². The van der Waals surface area contributed by atoms with E-state index in [1.807, 2.05) is 18.8 Å². The summed E-state index contributed by atoms with van der Waals surface area (Å²) in [4.78, 5) is 4.43. The van der Waals surface area contributed by atoms with Gasteiger partial charge in [0.25, 0.3) is 0 Å². The molecule has 0 radical (unpaired) electrons. The molecule has 1 aliphatic carbocycles. The molecule has 0 aliphatic heterocycles. The number of rotatable bonds is 5. The van der Waals surface area contributed by atoms with Crippen LogP contribution in [0.25, 0.3) is 0 Å². The van der Waals surface area contributed by atoms with Crippen LogP contribution in [0, 0.1) is 11.8 Å². The van der Waals surface area contributed by atoms with Crippen molar-refractivity contribution in [2.45, 2.75) is 72.4 Å². The lowest BCUT2D eigenvalue weighted by molar-refractivity contribution is 0.255. The molecule has 1 heterocycles. The van der Waals surface area contributed by atoms with Crippen molar-refractivity contribution in [3.63, 3.8) is 0 Å². The third kappa shape index (κ3) is 4.52. The van der Waals surface area contributed by atoms with Gasteiger partial charge in [-0.1, -0.05) is 27.7 Å². The molecule has 0 saturated heterocycles. The molecule has 1 aliphatic rings. The Morgan fingerprint density at radius 2 is 1.83 bits per heavy atom. The Kier molecular flexibility index (Phi) is 6.69. The Labute approximate surface area is 147 Å². The van der Waals surface area contributed by atoms with Crippen LogP contribution in [0.5, 0.6) is 0 Å². The lowest BCUT2D eigenvalue weighted by Gasteiger charge is -2.32. The Balaban J connectivity index is 1.99. The molecule has 2 N–H and O–H groups in total. The van der Waals surface area contributed by atoms with Crippen LogP contribution in [0.15, 0.2) is 4.99 Å². The molecule has 1 aromatic rings. The number of nitrogens with one attached hydrogen (secondary N) is 2. The van der Waals surface area contributed by atoms with Crippen molar-refractivity contribution >= 4 is 5.96 Å². The molecule has 24 heavy (non-hydrogen) atoms. The van der Waals surface area contributed by atoms with Gasteiger partial charge in [-0.2, -0.15) is 5.10 Å². The zero-order chi connectivity index (χ0) is 17.7. The first kappa shape index (κ1) is 18.8. The van der Waals surface area contributed by atoms with Gasteiger partial charge in [0.2, 0.25) is 0 Å². The SMILES string of the molecule is CCc1nn(C)c(CC)c1CNC(=NC)NC1CC(C)CC(C)C1. The summed E-state index contributed by atoms with van der Waals surface area (Å²) < 4.78 is 2.02. The quantitative estimate of drug-likeness (QED) is 0.643. The average Bonchev–Trinajstić information content (AvgIpc) is 2.85. The first-order valence-corrected chi connectivity index (χ1v) is 9.49. The van der Waals surface area contributed by atoms with E-state index in [-0.39, 0.29) is 0 Å². The fourth-order valence-corrected chi connectivity index (χ4v) is 4.22. The zero-order valence-electron chi connectivity index (χ0n) is 16.3. The second-order valence-corrected chi connectivity index (χ2v) is 7.39. The standard InChI is InChI=1S/C19H35N5/c1-7-17-16(18(8-2)24(6)23-17)12-21-19(20-5)22-15-10-13(3)9-14(4)11-15/h13-15H,7-12H2,1-6H3,(H2,20,21,22). The van der Waals surface area contributed by atoms with Crippen molar-refractivity contribution in [1.29, 1.82) is 0 Å². The number of aryl methyl sites for hydroxylation is 2. The van der Waals surface area contributed by atoms with Gasteiger partial charge in [0, 0.05) is 37.9 Å². The van der Waals surface area contributed by atoms with Crippen LogP contribution in [0.4, 0.5) is 0 Å². The largest absolute Gasteiger partial charge is 0.354 e. The number of hydrogen-bond acceptors (Lipinski definition) is 2. The zero-order valence-corrected chi connectivity index (χ0v) is 16.3. The van der Waals surface area contributed by atoms with E-state index in [1.165, 1.54) is 36.2 Å². The maximum absolute atomic E-state index is 4.66. The highest BCUT2D eigenvalue weighted by Crippen LogP contribution is 2.28. The van der Waals surface area contributed by atoms with Gasteiger partial charge in [-0.15, -0.1) is 0 Å². The molecule has 2 atom stereocenters. The molecule has 1 saturated carbocycles. The highest BCUT2D eigenvalue weighted by atomic mass is 15.3. The van der Waals surface area contributed by atoms with Crippen molar-refractivity contribution in [2.24, 2.45) is 23.9 Å². The molecule has 0 amide bonds. The minimum Gasteiger partial charge on any atom is -0.354 e. The van der Waals surface area contributed by atoms with Gasteiger partial charge >= 0.3 is 0 Å². The molecule has 2 unspecified atom stereocenters. The molecular weight excluding hydrogens is 298 g/mol. The van der Waals surface area contributed by atoms with E-state index >= 15 is 0 Å². The smallest absolute Gasteiger partial charge is 0.191 e. The second kappa shape index (κ2) is 8.54. The number of nitrogens with zero attached hydrogens (tertiary/aromatic N) is 3. The van der Waals surface area contributed by atoms with Gasteiger partial charge in [-0.3, -0.25) is 9.67 Å². The van der Waals surface area contributed by atoms with Crippen LogP contribution >= 0.6 is 0 Å². The van der Waals surface area contributed by atoms with Crippen LogP contribution in [0.3, 0.4) is 0 Å². The molecule has 0 spiro atoms. The Hall–Kier alpha value is -1.52. The highest BCUT2D eigenvalue weighted by Gasteiger charge is 2.24. The van der Waals surface area contributed by atoms with Crippen LogP contribution in [-0.2, 0) is 26.4 Å². The summed E-state index contributed by atoms with van der Waals surface area (Å²) in [5, 5.41) is 11.8. The monoisotopic (exact) mass is 333 g/mol. The summed E-state index contributed by atoms with van der Waals surface area (Å²) in [5.41, 5.74) is 3.84. The van der Waals surface area contributed by atoms with Gasteiger partial charge in [0.05, 0.1) is 5.69 Å². The minimum atomic E-state index is 0.528. The summed E-state index contributed by atoms with van der Waals surface area (Å²) in [6, 6.07) is 0.528. The number of guanidine groups is 1. The third-order valence-corrected chi connectivity index (χ3v) is 5.20. The summed E-state index contributed by atoms with van der Waals surface area (Å²) in [6.45, 7) is 9.87. The molecular formula is C19H35N5. The fraction of sp³-hybridized carbons (Fsp3) is 0.789. The van der Waals surface area contributed by atoms with Crippen LogP contribution in [-0.4, -0.2) is 28.8 Å². The Bertz CT molecular complexity index is 550. The topological polar surface area (TPSA) is 54.2 Å². The predicted octanol–water partition coefficient (Wildman–Crippen LogP) is 3.03. The first-order valence-electron chi connectivity index (χ1n) is 9.49. The molecule has 136 valence electrons. The normalized spacial score (nSPS) is 24.9. The Morgan fingerprint density at radius 1 is 1.17 bits per heavy atom. The van der Waals surface area contributed by atoms with E-state index in [4.69, 9.17) is 0 Å². The summed E-state index contributed by atoms with van der Waals surface area (Å²) >= 11 is 0. The molecule has 2 rings (SSSR count). The van der Waals surface area contributed by atoms with E-state index in [1.54, 1.807) is 0 Å². The summed E-state index contributed by atoms with van der Waals surface area (Å²) in [7, 11) is 3.90. The van der Waals surface area contributed by atoms with Gasteiger partial charge in [-0.05, 0) is 43.9 Å². The van der Waals surface area contributed by atoms with Crippen molar-refractivity contribution in [3.8, 4) is 0 Å². The summed E-state index contributed by atoms with van der Waals surface area (Å²) in [5.74, 6) is 2.50. The summed E-state index contributed by atoms with van der Waals surface area (Å²) in [6.07, 6.45) is 5.79. The van der Waals surface area contributed by atoms with E-state index in [0.29, 0.717) is 6.04 Å². The highest BCUT2D eigenvalue weighted by molar-refractivity contribution is 5.80. The van der Waals surface area contributed by atoms with Gasteiger partial charge in [0.15, 0.2) is 5.96 Å². The molecule has 5 heteroatoms. The van der Waals surface area contributed by atoms with Crippen molar-refractivity contribution in [2.75, 3.05) is 7.05 Å². The second-order valence-electron chi connectivity index (χ2n) is 7.39. The number of aromatic nitrogens is 2. The maximum atomic E-state index is 4.66. The minimum absolute atomic E-state index is 0.528. The van der Waals surface area contributed by atoms with Gasteiger partial charge in [-0.25, -0.2) is 0 Å². The average molecular weight is 334 g/mol. The predicted molar refractivity (Wildman–Crippen MR) is 101 cm³/mol. The van der Waals surface area contributed by atoms with E-state index in [9.17, 15) is 0 Å². The van der Waals surface area contributed by atoms with Gasteiger partial charge < -0.3 is 10.6 Å². The molecule has 0 bridgehead atoms. The van der Waals surface area contributed by atoms with E-state index in [0.717, 1.165) is 37.2 Å². The van der Waals surface area contributed by atoms with E-state index < -0.39 is 0 Å². The molecule has 5 nitrogen and oxygen atoms in total. The van der Waals surface area contributed by atoms with E-state index in [2.05, 4.69) is 48.4 Å². The maximum Gasteiger partial charge on any atom is 0.191 e. The van der Waals surface area contributed by atoms with Crippen LogP contribution in [0.2, 0.25) is 0 Å². The van der Waals surface area contributed by atoms with Crippen molar-refractivity contribution in [1.82, 2.24) is 20.4 Å². The molecule has 0 aromatic carbocycles. The Morgan fingerprint density at radius 3 is 2.38 bits per heavy atom. The lowest BCUT2D eigenvalue weighted by atomic mass is 9.80. The van der Waals surface area contributed by atoms with Crippen molar-refractivity contribution < 1.29 is 0 Å². The van der Waals surface area contributed by atoms with Crippen molar-refractivity contribution in [3.05, 3.63) is 17.0 Å². The fourth-order valence-electron chi connectivity index (χ4n) is 4.22. The lowest BCUT2D eigenvalue weighted by Crippen LogP contribution is -2.46. The number of hydrogen-bond donors (Lipinski definition) is 2.